The second-order valence-corrected chi connectivity index (χ2v) is 3.29. The molecule has 0 heterocycles. The van der Waals surface area contributed by atoms with Crippen molar-refractivity contribution in [3.05, 3.63) is 0 Å². The Hall–Kier alpha value is -0.700. The molecule has 0 nitrogen and oxygen atoms in total. The van der Waals surface area contributed by atoms with Crippen LogP contribution in [0.25, 0.3) is 0 Å². The fourth-order valence-corrected chi connectivity index (χ4v) is 0.489. The highest BCUT2D eigenvalue weighted by molar-refractivity contribution is 4.55. The lowest BCUT2D eigenvalue weighted by molar-refractivity contribution is -0.157. The average molecular weight is 312 g/mol. The van der Waals surface area contributed by atoms with E-state index in [4.69, 9.17) is 0 Å². The van der Waals surface area contributed by atoms with Crippen molar-refractivity contribution < 1.29 is 43.9 Å². The van der Waals surface area contributed by atoms with Crippen LogP contribution >= 0.6 is 0 Å². The molecule has 0 aliphatic rings. The van der Waals surface area contributed by atoms with E-state index in [1.54, 1.807) is 0 Å². The molecule has 0 radical (unpaired) electrons. The van der Waals surface area contributed by atoms with E-state index in [1.165, 1.54) is 0 Å². The zero-order valence-electron chi connectivity index (χ0n) is 10.1. The summed E-state index contributed by atoms with van der Waals surface area (Å²) in [5.74, 6) is -3.12. The van der Waals surface area contributed by atoms with Crippen LogP contribution in [0.1, 0.15) is 26.2 Å². The topological polar surface area (TPSA) is 0 Å². The van der Waals surface area contributed by atoms with Gasteiger partial charge in [-0.25, -0.2) is 13.2 Å². The minimum Gasteiger partial charge on any atom is -0.255 e. The average Bonchev–Trinajstić information content (AvgIpc) is 2.16. The number of alkyl halides is 10. The van der Waals surface area contributed by atoms with Gasteiger partial charge in [0.1, 0.15) is 0 Å². The Kier molecular flexibility index (Phi) is 12.5. The summed E-state index contributed by atoms with van der Waals surface area (Å²) in [7, 11) is 0.500. The Morgan fingerprint density at radius 2 is 0.895 bits per heavy atom. The number of hydrogen-bond donors (Lipinski definition) is 0. The molecule has 0 aliphatic carbocycles. The Balaban J connectivity index is -0.000000271. The van der Waals surface area contributed by atoms with Crippen molar-refractivity contribution in [3.8, 4) is 0 Å². The highest BCUT2D eigenvalue weighted by Gasteiger charge is 2.31. The van der Waals surface area contributed by atoms with Crippen molar-refractivity contribution >= 4 is 0 Å². The first-order valence-electron chi connectivity index (χ1n) is 4.72. The molecule has 19 heavy (non-hydrogen) atoms. The van der Waals surface area contributed by atoms with Gasteiger partial charge in [0, 0.05) is 19.8 Å². The maximum Gasteiger partial charge on any atom is 0.389 e. The van der Waals surface area contributed by atoms with Crippen LogP contribution in [0.3, 0.4) is 0 Å². The standard InChI is InChI=1S/C5H6F6.C3H5F3.CH3F/c6-4(7,8)2-1-3-5(9,10)11;1-3(5,6)2-4;1-2/h1-3H2;2H2,1H3;1H3. The van der Waals surface area contributed by atoms with E-state index in [9.17, 15) is 43.9 Å². The monoisotopic (exact) mass is 312 g/mol. The number of hydrogen-bond acceptors (Lipinski definition) is 0. The third-order valence-electron chi connectivity index (χ3n) is 1.16. The third kappa shape index (κ3) is 38.2. The summed E-state index contributed by atoms with van der Waals surface area (Å²) in [4.78, 5) is 0. The molecular formula is C9H14F10. The van der Waals surface area contributed by atoms with E-state index in [2.05, 4.69) is 0 Å². The first-order chi connectivity index (χ1) is 8.27. The van der Waals surface area contributed by atoms with Crippen molar-refractivity contribution in [2.75, 3.05) is 13.9 Å². The summed E-state index contributed by atoms with van der Waals surface area (Å²) in [6, 6.07) is 0. The van der Waals surface area contributed by atoms with Crippen LogP contribution in [-0.2, 0) is 0 Å². The van der Waals surface area contributed by atoms with Crippen LogP contribution in [0.5, 0.6) is 0 Å². The van der Waals surface area contributed by atoms with E-state index in [-0.39, 0.29) is 0 Å². The van der Waals surface area contributed by atoms with Gasteiger partial charge in [-0.1, -0.05) is 0 Å². The Labute approximate surface area is 103 Å². The van der Waals surface area contributed by atoms with Gasteiger partial charge in [0.15, 0.2) is 6.67 Å². The molecule has 0 unspecified atom stereocenters. The molecule has 0 aromatic rings. The first kappa shape index (κ1) is 23.4. The molecule has 0 saturated heterocycles. The predicted octanol–water partition coefficient (Wildman–Crippen LogP) is 5.48. The maximum absolute atomic E-state index is 11.3. The minimum atomic E-state index is -4.48. The van der Waals surface area contributed by atoms with Crippen LogP contribution in [-0.4, -0.2) is 32.1 Å². The zero-order valence-corrected chi connectivity index (χ0v) is 10.1. The van der Waals surface area contributed by atoms with Crippen LogP contribution in [0.15, 0.2) is 0 Å². The zero-order chi connectivity index (χ0) is 16.3. The molecule has 0 N–H and O–H groups in total. The van der Waals surface area contributed by atoms with Gasteiger partial charge < -0.3 is 0 Å². The molecule has 0 rings (SSSR count). The lowest BCUT2D eigenvalue weighted by atomic mass is 10.2. The van der Waals surface area contributed by atoms with Crippen LogP contribution in [0, 0.1) is 0 Å². The van der Waals surface area contributed by atoms with Gasteiger partial charge in [-0.3, -0.25) is 4.39 Å². The van der Waals surface area contributed by atoms with E-state index < -0.39 is 44.2 Å². The molecule has 0 spiro atoms. The molecule has 0 aromatic heterocycles. The molecule has 0 bridgehead atoms. The first-order valence-corrected chi connectivity index (χ1v) is 4.72. The Bertz CT molecular complexity index is 173. The van der Waals surface area contributed by atoms with E-state index >= 15 is 0 Å². The van der Waals surface area contributed by atoms with Gasteiger partial charge in [0.25, 0.3) is 5.92 Å². The van der Waals surface area contributed by atoms with Crippen molar-refractivity contribution in [2.24, 2.45) is 0 Å². The molecule has 0 atom stereocenters. The molecule has 0 aliphatic heterocycles. The van der Waals surface area contributed by atoms with Gasteiger partial charge in [-0.2, -0.15) is 26.3 Å². The van der Waals surface area contributed by atoms with Crippen LogP contribution in [0.2, 0.25) is 0 Å². The summed E-state index contributed by atoms with van der Waals surface area (Å²) in [5.41, 5.74) is 0. The predicted molar refractivity (Wildman–Crippen MR) is 49.6 cm³/mol. The van der Waals surface area contributed by atoms with Gasteiger partial charge >= 0.3 is 12.4 Å². The fraction of sp³-hybridized carbons (Fsp3) is 1.00. The van der Waals surface area contributed by atoms with Crippen LogP contribution < -0.4 is 0 Å². The van der Waals surface area contributed by atoms with E-state index in [1.807, 2.05) is 0 Å². The van der Waals surface area contributed by atoms with Gasteiger partial charge in [-0.05, 0) is 6.42 Å². The summed E-state index contributed by atoms with van der Waals surface area (Å²) in [6.45, 7) is -1.03. The van der Waals surface area contributed by atoms with E-state index in [0.29, 0.717) is 14.1 Å². The molecule has 0 aromatic carbocycles. The van der Waals surface area contributed by atoms with Gasteiger partial charge in [-0.15, -0.1) is 0 Å². The maximum atomic E-state index is 11.3. The normalized spacial score (nSPS) is 12.0. The summed E-state index contributed by atoms with van der Waals surface area (Å²) >= 11 is 0. The quantitative estimate of drug-likeness (QED) is 0.605. The second kappa shape index (κ2) is 10.1. The SMILES string of the molecule is CC(F)(F)CF.CF.FC(F)(F)CCCC(F)(F)F. The van der Waals surface area contributed by atoms with Crippen LogP contribution in [0.4, 0.5) is 43.9 Å². The Morgan fingerprint density at radius 3 is 1.00 bits per heavy atom. The van der Waals surface area contributed by atoms with E-state index in [0.717, 1.165) is 0 Å². The van der Waals surface area contributed by atoms with Gasteiger partial charge in [0.05, 0.1) is 7.18 Å². The number of halogens is 10. The summed E-state index contributed by atoms with van der Waals surface area (Å²) in [6.07, 6.45) is -12.6. The van der Waals surface area contributed by atoms with Crippen molar-refractivity contribution in [2.45, 2.75) is 44.5 Å². The molecule has 120 valence electrons. The van der Waals surface area contributed by atoms with Crippen molar-refractivity contribution in [1.82, 2.24) is 0 Å². The molecule has 0 saturated carbocycles. The molecule has 10 heteroatoms. The fourth-order valence-electron chi connectivity index (χ4n) is 0.489. The highest BCUT2D eigenvalue weighted by atomic mass is 19.4. The molecule has 0 amide bonds. The largest absolute Gasteiger partial charge is 0.389 e. The third-order valence-corrected chi connectivity index (χ3v) is 1.16. The molecule has 0 fully saturated rings. The smallest absolute Gasteiger partial charge is 0.255 e. The summed E-state index contributed by atoms with van der Waals surface area (Å²) in [5, 5.41) is 0. The number of rotatable bonds is 3. The lowest BCUT2D eigenvalue weighted by Crippen LogP contribution is -2.11. The van der Waals surface area contributed by atoms with Crippen molar-refractivity contribution in [1.29, 1.82) is 0 Å². The minimum absolute atomic E-state index is 0.500. The molecular weight excluding hydrogens is 298 g/mol. The second-order valence-electron chi connectivity index (χ2n) is 3.29. The Morgan fingerprint density at radius 1 is 0.684 bits per heavy atom. The summed E-state index contributed by atoms with van der Waals surface area (Å²) < 4.78 is 110. The lowest BCUT2D eigenvalue weighted by Gasteiger charge is -2.07. The van der Waals surface area contributed by atoms with Crippen molar-refractivity contribution in [3.63, 3.8) is 0 Å². The van der Waals surface area contributed by atoms with Gasteiger partial charge in [0.2, 0.25) is 0 Å². The highest BCUT2D eigenvalue weighted by Crippen LogP contribution is 2.27.